The van der Waals surface area contributed by atoms with Gasteiger partial charge in [0.2, 0.25) is 0 Å². The van der Waals surface area contributed by atoms with Gasteiger partial charge in [0.05, 0.1) is 0 Å². The summed E-state index contributed by atoms with van der Waals surface area (Å²) < 4.78 is 13.6. The van der Waals surface area contributed by atoms with Crippen molar-refractivity contribution in [2.75, 3.05) is 5.75 Å². The zero-order valence-corrected chi connectivity index (χ0v) is 11.0. The number of hydrogen-bond donors (Lipinski definition) is 2. The molecule has 1 aromatic rings. The molecule has 0 radical (unpaired) electrons. The van der Waals surface area contributed by atoms with Crippen molar-refractivity contribution in [2.45, 2.75) is 26.0 Å². The first-order chi connectivity index (χ1) is 8.04. The van der Waals surface area contributed by atoms with Gasteiger partial charge in [-0.15, -0.1) is 0 Å². The lowest BCUT2D eigenvalue weighted by Gasteiger charge is -2.09. The summed E-state index contributed by atoms with van der Waals surface area (Å²) in [7, 11) is -1.61. The van der Waals surface area contributed by atoms with Gasteiger partial charge in [0.1, 0.15) is 5.82 Å². The van der Waals surface area contributed by atoms with Crippen molar-refractivity contribution in [2.24, 2.45) is 5.92 Å². The fourth-order valence-electron chi connectivity index (χ4n) is 1.33. The van der Waals surface area contributed by atoms with E-state index in [0.717, 1.165) is 12.2 Å². The maximum absolute atomic E-state index is 13.6. The van der Waals surface area contributed by atoms with Crippen LogP contribution in [0.4, 0.5) is 4.39 Å². The van der Waals surface area contributed by atoms with Gasteiger partial charge in [-0.25, -0.2) is 4.39 Å². The molecule has 1 atom stereocenters. The van der Waals surface area contributed by atoms with E-state index in [-0.39, 0.29) is 11.3 Å². The topological polar surface area (TPSA) is 40.5 Å². The molecular weight excluding hydrogens is 238 g/mol. The molecule has 0 aromatic heterocycles. The van der Waals surface area contributed by atoms with E-state index in [0.29, 0.717) is 17.2 Å². The van der Waals surface area contributed by atoms with Crippen LogP contribution in [0.15, 0.2) is 18.2 Å². The third-order valence-electron chi connectivity index (χ3n) is 2.73. The number of halogens is 1. The first-order valence-corrected chi connectivity index (χ1v) is 6.92. The average molecular weight is 256 g/mol. The molecular formula is C12H18BFO2S. The fraction of sp³-hybridized carbons (Fsp3) is 0.500. The van der Waals surface area contributed by atoms with Gasteiger partial charge in [-0.05, 0) is 28.8 Å². The molecule has 0 aliphatic heterocycles. The van der Waals surface area contributed by atoms with Crippen molar-refractivity contribution in [1.82, 2.24) is 0 Å². The van der Waals surface area contributed by atoms with Crippen LogP contribution in [0.25, 0.3) is 0 Å². The van der Waals surface area contributed by atoms with Gasteiger partial charge < -0.3 is 10.0 Å². The minimum atomic E-state index is -1.61. The van der Waals surface area contributed by atoms with Gasteiger partial charge in [0, 0.05) is 5.75 Å². The predicted molar refractivity (Wildman–Crippen MR) is 71.8 cm³/mol. The Labute approximate surface area is 106 Å². The Balaban J connectivity index is 2.55. The van der Waals surface area contributed by atoms with Gasteiger partial charge in [0.15, 0.2) is 0 Å². The zero-order chi connectivity index (χ0) is 12.8. The molecule has 0 aliphatic carbocycles. The van der Waals surface area contributed by atoms with Crippen molar-refractivity contribution in [3.8, 4) is 0 Å². The molecule has 17 heavy (non-hydrogen) atoms. The van der Waals surface area contributed by atoms with Crippen molar-refractivity contribution in [3.63, 3.8) is 0 Å². The second-order valence-corrected chi connectivity index (χ2v) is 5.28. The zero-order valence-electron chi connectivity index (χ0n) is 10.2. The van der Waals surface area contributed by atoms with Crippen LogP contribution in [0.5, 0.6) is 0 Å². The molecule has 0 saturated heterocycles. The summed E-state index contributed by atoms with van der Waals surface area (Å²) in [4.78, 5) is 0. The van der Waals surface area contributed by atoms with E-state index < -0.39 is 7.12 Å². The van der Waals surface area contributed by atoms with E-state index in [2.05, 4.69) is 13.8 Å². The molecule has 0 spiro atoms. The summed E-state index contributed by atoms with van der Waals surface area (Å²) in [6, 6.07) is 4.35. The van der Waals surface area contributed by atoms with E-state index in [1.165, 1.54) is 6.07 Å². The van der Waals surface area contributed by atoms with Crippen LogP contribution in [0.3, 0.4) is 0 Å². The second-order valence-electron chi connectivity index (χ2n) is 4.25. The lowest BCUT2D eigenvalue weighted by molar-refractivity contribution is 0.425. The largest absolute Gasteiger partial charge is 0.488 e. The molecule has 0 bridgehead atoms. The molecule has 0 heterocycles. The summed E-state index contributed by atoms with van der Waals surface area (Å²) in [6.07, 6.45) is 1.13. The normalized spacial score (nSPS) is 12.5. The Hall–Kier alpha value is -0.515. The first kappa shape index (κ1) is 14.5. The average Bonchev–Trinajstić information content (AvgIpc) is 2.30. The fourth-order valence-corrected chi connectivity index (χ4v) is 2.54. The number of thioether (sulfide) groups is 1. The monoisotopic (exact) mass is 256 g/mol. The predicted octanol–water partition coefficient (Wildman–Crippen LogP) is 1.78. The highest BCUT2D eigenvalue weighted by Gasteiger charge is 2.13. The van der Waals surface area contributed by atoms with E-state index in [4.69, 9.17) is 10.0 Å². The molecule has 1 rings (SSSR count). The number of rotatable bonds is 6. The van der Waals surface area contributed by atoms with Gasteiger partial charge in [-0.1, -0.05) is 32.4 Å². The van der Waals surface area contributed by atoms with Crippen LogP contribution < -0.4 is 5.46 Å². The summed E-state index contributed by atoms with van der Waals surface area (Å²) in [5.41, 5.74) is 0.806. The maximum Gasteiger partial charge on any atom is 0.488 e. The number of benzene rings is 1. The summed E-state index contributed by atoms with van der Waals surface area (Å²) in [6.45, 7) is 4.32. The number of hydrogen-bond acceptors (Lipinski definition) is 3. The maximum atomic E-state index is 13.6. The highest BCUT2D eigenvalue weighted by molar-refractivity contribution is 7.98. The highest BCUT2D eigenvalue weighted by atomic mass is 32.2. The lowest BCUT2D eigenvalue weighted by atomic mass is 9.80. The van der Waals surface area contributed by atoms with Crippen molar-refractivity contribution >= 4 is 24.3 Å². The summed E-state index contributed by atoms with van der Waals surface area (Å²) in [5, 5.41) is 17.8. The Bertz CT molecular complexity index is 360. The molecule has 0 fully saturated rings. The van der Waals surface area contributed by atoms with Crippen molar-refractivity contribution in [1.29, 1.82) is 0 Å². The molecule has 94 valence electrons. The minimum absolute atomic E-state index is 0.193. The second kappa shape index (κ2) is 7.04. The smallest absolute Gasteiger partial charge is 0.423 e. The van der Waals surface area contributed by atoms with Crippen LogP contribution in [0.1, 0.15) is 25.8 Å². The Morgan fingerprint density at radius 2 is 2.12 bits per heavy atom. The summed E-state index contributed by atoms with van der Waals surface area (Å²) >= 11 is 1.70. The molecule has 0 aliphatic rings. The molecule has 2 N–H and O–H groups in total. The Kier molecular flexibility index (Phi) is 6.02. The van der Waals surface area contributed by atoms with E-state index >= 15 is 0 Å². The standard InChI is InChI=1S/C12H18BFO2S/c1-3-9(2)7-17-8-10-4-5-11(13(15)16)6-12(10)14/h4-6,9,15-16H,3,7-8H2,1-2H3. The molecule has 1 aromatic carbocycles. The van der Waals surface area contributed by atoms with Crippen LogP contribution in [0, 0.1) is 11.7 Å². The van der Waals surface area contributed by atoms with Crippen LogP contribution in [-0.2, 0) is 5.75 Å². The summed E-state index contributed by atoms with van der Waals surface area (Å²) in [5.74, 6) is 1.91. The van der Waals surface area contributed by atoms with Crippen LogP contribution >= 0.6 is 11.8 Å². The van der Waals surface area contributed by atoms with Crippen molar-refractivity contribution < 1.29 is 14.4 Å². The van der Waals surface area contributed by atoms with Gasteiger partial charge in [-0.2, -0.15) is 11.8 Å². The molecule has 0 saturated carbocycles. The van der Waals surface area contributed by atoms with E-state index in [1.54, 1.807) is 23.9 Å². The minimum Gasteiger partial charge on any atom is -0.423 e. The molecule has 1 unspecified atom stereocenters. The lowest BCUT2D eigenvalue weighted by Crippen LogP contribution is -2.30. The third-order valence-corrected chi connectivity index (χ3v) is 4.05. The van der Waals surface area contributed by atoms with Crippen LogP contribution in [0.2, 0.25) is 0 Å². The third kappa shape index (κ3) is 4.70. The Morgan fingerprint density at radius 3 is 2.65 bits per heavy atom. The quantitative estimate of drug-likeness (QED) is 0.762. The van der Waals surface area contributed by atoms with Gasteiger partial charge in [-0.3, -0.25) is 0 Å². The van der Waals surface area contributed by atoms with E-state index in [1.807, 2.05) is 0 Å². The highest BCUT2D eigenvalue weighted by Crippen LogP contribution is 2.18. The van der Waals surface area contributed by atoms with Crippen LogP contribution in [-0.4, -0.2) is 22.9 Å². The molecule has 2 nitrogen and oxygen atoms in total. The van der Waals surface area contributed by atoms with Gasteiger partial charge in [0.25, 0.3) is 0 Å². The van der Waals surface area contributed by atoms with E-state index in [9.17, 15) is 4.39 Å². The van der Waals surface area contributed by atoms with Crippen molar-refractivity contribution in [3.05, 3.63) is 29.6 Å². The molecule has 5 heteroatoms. The Morgan fingerprint density at radius 1 is 1.41 bits per heavy atom. The SMILES string of the molecule is CCC(C)CSCc1ccc(B(O)O)cc1F. The van der Waals surface area contributed by atoms with Gasteiger partial charge >= 0.3 is 7.12 Å². The molecule has 0 amide bonds. The first-order valence-electron chi connectivity index (χ1n) is 5.76.